The average molecular weight is 235 g/mol. The highest BCUT2D eigenvalue weighted by atomic mass is 19.1. The van der Waals surface area contributed by atoms with Crippen LogP contribution in [0.3, 0.4) is 0 Å². The molecule has 3 nitrogen and oxygen atoms in total. The second kappa shape index (κ2) is 6.21. The van der Waals surface area contributed by atoms with Crippen molar-refractivity contribution in [2.75, 3.05) is 25.5 Å². The maximum absolute atomic E-state index is 13.8. The van der Waals surface area contributed by atoms with Crippen LogP contribution in [0.5, 0.6) is 0 Å². The summed E-state index contributed by atoms with van der Waals surface area (Å²) >= 11 is 0. The fourth-order valence-corrected chi connectivity index (χ4v) is 1.77. The van der Waals surface area contributed by atoms with Crippen molar-refractivity contribution < 1.29 is 4.39 Å². The van der Waals surface area contributed by atoms with E-state index in [4.69, 9.17) is 5.26 Å². The van der Waals surface area contributed by atoms with Gasteiger partial charge in [0.1, 0.15) is 5.82 Å². The van der Waals surface area contributed by atoms with Crippen molar-refractivity contribution >= 4 is 5.69 Å². The van der Waals surface area contributed by atoms with Gasteiger partial charge in [-0.25, -0.2) is 4.39 Å². The summed E-state index contributed by atoms with van der Waals surface area (Å²) in [7, 11) is 3.67. The van der Waals surface area contributed by atoms with Gasteiger partial charge in [0.2, 0.25) is 0 Å². The first-order chi connectivity index (χ1) is 8.11. The Balaban J connectivity index is 3.06. The van der Waals surface area contributed by atoms with E-state index in [-0.39, 0.29) is 11.9 Å². The van der Waals surface area contributed by atoms with Crippen LogP contribution in [0.4, 0.5) is 10.1 Å². The molecule has 0 amide bonds. The highest BCUT2D eigenvalue weighted by Gasteiger charge is 2.16. The largest absolute Gasteiger partial charge is 0.373 e. The lowest BCUT2D eigenvalue weighted by Gasteiger charge is -2.24. The summed E-state index contributed by atoms with van der Waals surface area (Å²) in [5.74, 6) is -0.215. The van der Waals surface area contributed by atoms with Gasteiger partial charge in [0.25, 0.3) is 0 Å². The highest BCUT2D eigenvalue weighted by molar-refractivity contribution is 5.55. The van der Waals surface area contributed by atoms with Crippen LogP contribution in [0.25, 0.3) is 0 Å². The van der Waals surface area contributed by atoms with Crippen molar-refractivity contribution in [2.45, 2.75) is 19.4 Å². The van der Waals surface area contributed by atoms with Crippen LogP contribution in [0.2, 0.25) is 0 Å². The number of anilines is 1. The third kappa shape index (κ3) is 3.18. The molecule has 0 bridgehead atoms. The zero-order chi connectivity index (χ0) is 12.8. The summed E-state index contributed by atoms with van der Waals surface area (Å²) < 4.78 is 13.8. The van der Waals surface area contributed by atoms with Crippen LogP contribution in [-0.2, 0) is 0 Å². The fraction of sp³-hybridized carbons (Fsp3) is 0.462. The number of halogens is 1. The molecule has 0 aliphatic heterocycles. The minimum absolute atomic E-state index is 0.0595. The summed E-state index contributed by atoms with van der Waals surface area (Å²) in [5, 5.41) is 11.6. The molecule has 0 aliphatic carbocycles. The Morgan fingerprint density at radius 2 is 2.24 bits per heavy atom. The van der Waals surface area contributed by atoms with Crippen LogP contribution in [-0.4, -0.2) is 20.6 Å². The Labute approximate surface area is 102 Å². The lowest BCUT2D eigenvalue weighted by molar-refractivity contribution is 0.561. The smallest absolute Gasteiger partial charge is 0.130 e. The van der Waals surface area contributed by atoms with Crippen LogP contribution < -0.4 is 10.2 Å². The lowest BCUT2D eigenvalue weighted by atomic mass is 10.0. The van der Waals surface area contributed by atoms with Crippen LogP contribution in [0.1, 0.15) is 24.9 Å². The quantitative estimate of drug-likeness (QED) is 0.852. The van der Waals surface area contributed by atoms with Gasteiger partial charge >= 0.3 is 0 Å². The number of nitrogens with zero attached hydrogens (tertiary/aromatic N) is 2. The number of hydrogen-bond acceptors (Lipinski definition) is 3. The molecular formula is C13H18FN3. The van der Waals surface area contributed by atoms with Gasteiger partial charge in [0.05, 0.1) is 12.5 Å². The Hall–Kier alpha value is -1.60. The first kappa shape index (κ1) is 13.5. The molecule has 1 atom stereocenters. The van der Waals surface area contributed by atoms with E-state index in [1.807, 2.05) is 24.9 Å². The molecule has 0 aromatic heterocycles. The zero-order valence-corrected chi connectivity index (χ0v) is 10.5. The minimum Gasteiger partial charge on any atom is -0.373 e. The number of benzene rings is 1. The summed E-state index contributed by atoms with van der Waals surface area (Å²) in [5.41, 5.74) is 1.48. The van der Waals surface area contributed by atoms with Crippen LogP contribution in [0.15, 0.2) is 18.2 Å². The van der Waals surface area contributed by atoms with Gasteiger partial charge in [0.15, 0.2) is 0 Å². The third-order valence-corrected chi connectivity index (χ3v) is 2.87. The van der Waals surface area contributed by atoms with Crippen molar-refractivity contribution in [3.8, 4) is 6.07 Å². The SMILES string of the molecule is CNC(C)c1c(F)cccc1N(C)CCC#N. The molecule has 1 aromatic carbocycles. The second-order valence-corrected chi connectivity index (χ2v) is 4.01. The fourth-order valence-electron chi connectivity index (χ4n) is 1.77. The van der Waals surface area contributed by atoms with E-state index in [0.717, 1.165) is 5.69 Å². The zero-order valence-electron chi connectivity index (χ0n) is 10.5. The van der Waals surface area contributed by atoms with Gasteiger partial charge in [-0.2, -0.15) is 5.26 Å². The van der Waals surface area contributed by atoms with E-state index in [0.29, 0.717) is 18.5 Å². The molecule has 0 heterocycles. The summed E-state index contributed by atoms with van der Waals surface area (Å²) in [4.78, 5) is 1.91. The number of hydrogen-bond donors (Lipinski definition) is 1. The van der Waals surface area contributed by atoms with Crippen molar-refractivity contribution in [3.05, 3.63) is 29.6 Å². The van der Waals surface area contributed by atoms with Crippen molar-refractivity contribution in [1.29, 1.82) is 5.26 Å². The van der Waals surface area contributed by atoms with Gasteiger partial charge in [-0.3, -0.25) is 0 Å². The highest BCUT2D eigenvalue weighted by Crippen LogP contribution is 2.28. The molecule has 0 saturated heterocycles. The molecule has 92 valence electrons. The predicted molar refractivity (Wildman–Crippen MR) is 67.4 cm³/mol. The lowest BCUT2D eigenvalue weighted by Crippen LogP contribution is -2.23. The van der Waals surface area contributed by atoms with Crippen LogP contribution in [0, 0.1) is 17.1 Å². The van der Waals surface area contributed by atoms with E-state index < -0.39 is 0 Å². The van der Waals surface area contributed by atoms with Crippen LogP contribution >= 0.6 is 0 Å². The normalized spacial score (nSPS) is 11.9. The van der Waals surface area contributed by atoms with Gasteiger partial charge in [-0.1, -0.05) is 6.07 Å². The topological polar surface area (TPSA) is 39.1 Å². The molecule has 1 unspecified atom stereocenters. The first-order valence-corrected chi connectivity index (χ1v) is 5.65. The van der Waals surface area contributed by atoms with E-state index in [1.54, 1.807) is 13.1 Å². The average Bonchev–Trinajstić information content (AvgIpc) is 2.34. The van der Waals surface area contributed by atoms with E-state index in [1.165, 1.54) is 6.07 Å². The first-order valence-electron chi connectivity index (χ1n) is 5.65. The van der Waals surface area contributed by atoms with Gasteiger partial charge in [-0.05, 0) is 26.1 Å². The predicted octanol–water partition coefficient (Wildman–Crippen LogP) is 2.46. The molecule has 17 heavy (non-hydrogen) atoms. The number of nitrogens with one attached hydrogen (secondary N) is 1. The van der Waals surface area contributed by atoms with E-state index in [9.17, 15) is 4.39 Å². The van der Waals surface area contributed by atoms with E-state index in [2.05, 4.69) is 11.4 Å². The monoisotopic (exact) mass is 235 g/mol. The molecule has 0 saturated carbocycles. The Morgan fingerprint density at radius 1 is 1.53 bits per heavy atom. The molecule has 0 fully saturated rings. The van der Waals surface area contributed by atoms with Crippen molar-refractivity contribution in [1.82, 2.24) is 5.32 Å². The second-order valence-electron chi connectivity index (χ2n) is 4.01. The molecule has 0 radical (unpaired) electrons. The standard InChI is InChI=1S/C13H18FN3/c1-10(16-2)13-11(14)6-4-7-12(13)17(3)9-5-8-15/h4,6-7,10,16H,5,9H2,1-3H3. The van der Waals surface area contributed by atoms with Gasteiger partial charge in [0, 0.05) is 30.9 Å². The summed E-state index contributed by atoms with van der Waals surface area (Å²) in [6, 6.07) is 7.07. The molecule has 1 rings (SSSR count). The van der Waals surface area contributed by atoms with Crippen molar-refractivity contribution in [3.63, 3.8) is 0 Å². The number of rotatable bonds is 5. The Morgan fingerprint density at radius 3 is 2.82 bits per heavy atom. The van der Waals surface area contributed by atoms with Gasteiger partial charge < -0.3 is 10.2 Å². The maximum atomic E-state index is 13.8. The van der Waals surface area contributed by atoms with Gasteiger partial charge in [-0.15, -0.1) is 0 Å². The Bertz CT molecular complexity index is 412. The summed E-state index contributed by atoms with van der Waals surface area (Å²) in [6.45, 7) is 2.52. The molecular weight excluding hydrogens is 217 g/mol. The maximum Gasteiger partial charge on any atom is 0.130 e. The minimum atomic E-state index is -0.215. The third-order valence-electron chi connectivity index (χ3n) is 2.87. The molecule has 0 spiro atoms. The molecule has 0 aliphatic rings. The molecule has 1 N–H and O–H groups in total. The van der Waals surface area contributed by atoms with Crippen molar-refractivity contribution in [2.24, 2.45) is 0 Å². The van der Waals surface area contributed by atoms with E-state index >= 15 is 0 Å². The molecule has 1 aromatic rings. The Kier molecular flexibility index (Phi) is 4.92. The molecule has 4 heteroatoms. The summed E-state index contributed by atoms with van der Waals surface area (Å²) in [6.07, 6.45) is 0.431. The number of nitriles is 1.